The Balaban J connectivity index is 2.18. The Hall–Kier alpha value is -2.22. The van der Waals surface area contributed by atoms with Gasteiger partial charge in [-0.25, -0.2) is 0 Å². The molecule has 0 bridgehead atoms. The van der Waals surface area contributed by atoms with Crippen LogP contribution in [-0.2, 0) is 20.1 Å². The van der Waals surface area contributed by atoms with Crippen molar-refractivity contribution in [3.05, 3.63) is 42.0 Å². The van der Waals surface area contributed by atoms with Gasteiger partial charge in [0.05, 0.1) is 6.04 Å². The Morgan fingerprint density at radius 1 is 1.10 bits per heavy atom. The van der Waals surface area contributed by atoms with Crippen LogP contribution in [0.25, 0.3) is 0 Å². The minimum absolute atomic E-state index is 0.194. The first-order chi connectivity index (χ1) is 9.28. The van der Waals surface area contributed by atoms with Gasteiger partial charge >= 0.3 is 10.5 Å². The minimum atomic E-state index is -5.07. The molecule has 1 heterocycles. The molecule has 2 amide bonds. The van der Waals surface area contributed by atoms with Crippen LogP contribution >= 0.6 is 0 Å². The molecule has 1 aromatic rings. The van der Waals surface area contributed by atoms with Crippen molar-refractivity contribution in [2.75, 3.05) is 0 Å². The molecular weight excluding hydrogens is 289 g/mol. The molecule has 0 saturated heterocycles. The fourth-order valence-electron chi connectivity index (χ4n) is 1.86. The zero-order chi connectivity index (χ0) is 14.9. The molecule has 8 heteroatoms. The Kier molecular flexibility index (Phi) is 3.58. The number of imide groups is 1. The van der Waals surface area contributed by atoms with E-state index in [0.29, 0.717) is 5.56 Å². The van der Waals surface area contributed by atoms with Gasteiger partial charge in [0, 0.05) is 12.2 Å². The number of rotatable bonds is 4. The van der Waals surface area contributed by atoms with Crippen molar-refractivity contribution < 1.29 is 26.1 Å². The highest BCUT2D eigenvalue weighted by Crippen LogP contribution is 2.25. The summed E-state index contributed by atoms with van der Waals surface area (Å²) in [5.41, 5.74) is 0.582. The topological polar surface area (TPSA) is 80.8 Å². The fourth-order valence-corrected chi connectivity index (χ4v) is 2.20. The van der Waals surface area contributed by atoms with Gasteiger partial charge in [0.15, 0.2) is 0 Å². The van der Waals surface area contributed by atoms with E-state index in [0.717, 1.165) is 4.90 Å². The maximum Gasteiger partial charge on any atom is 0.488 e. The zero-order valence-corrected chi connectivity index (χ0v) is 11.1. The molecule has 6 nitrogen and oxygen atoms in total. The summed E-state index contributed by atoms with van der Waals surface area (Å²) in [4.78, 5) is 24.1. The van der Waals surface area contributed by atoms with E-state index in [1.807, 2.05) is 0 Å². The summed E-state index contributed by atoms with van der Waals surface area (Å²) >= 11 is 0. The van der Waals surface area contributed by atoms with E-state index in [1.54, 1.807) is 6.92 Å². The molecule has 0 aromatic heterocycles. The largest absolute Gasteiger partial charge is 0.488 e. The van der Waals surface area contributed by atoms with Crippen molar-refractivity contribution in [3.63, 3.8) is 0 Å². The number of hydrogen-bond donors (Lipinski definition) is 0. The number of benzene rings is 1. The highest BCUT2D eigenvalue weighted by molar-refractivity contribution is 7.81. The maximum atomic E-state index is 12.3. The van der Waals surface area contributed by atoms with Crippen LogP contribution in [0.3, 0.4) is 0 Å². The number of hydrogen-bond acceptors (Lipinski definition) is 5. The average Bonchev–Trinajstić information content (AvgIpc) is 2.67. The molecule has 0 aliphatic carbocycles. The second-order valence-electron chi connectivity index (χ2n) is 4.10. The van der Waals surface area contributed by atoms with Gasteiger partial charge in [-0.2, -0.15) is 8.42 Å². The third-order valence-electron chi connectivity index (χ3n) is 2.79. The molecule has 0 saturated carbocycles. The summed E-state index contributed by atoms with van der Waals surface area (Å²) in [5, 5.41) is 0. The normalized spacial score (nSPS) is 16.6. The molecule has 0 unspecified atom stereocenters. The quantitative estimate of drug-likeness (QED) is 0.617. The fraction of sp³-hybridized carbons (Fsp3) is 0.167. The molecule has 0 radical (unpaired) electrons. The van der Waals surface area contributed by atoms with Crippen molar-refractivity contribution in [1.82, 2.24) is 4.90 Å². The van der Waals surface area contributed by atoms with Crippen molar-refractivity contribution in [1.29, 1.82) is 0 Å². The second-order valence-corrected chi connectivity index (χ2v) is 5.05. The number of nitrogens with zero attached hydrogens (tertiary/aromatic N) is 1. The molecule has 1 aliphatic rings. The molecule has 0 fully saturated rings. The van der Waals surface area contributed by atoms with Gasteiger partial charge in [-0.3, -0.25) is 14.5 Å². The molecule has 1 aromatic carbocycles. The van der Waals surface area contributed by atoms with Crippen LogP contribution in [0.4, 0.5) is 3.89 Å². The van der Waals surface area contributed by atoms with Gasteiger partial charge in [-0.05, 0) is 24.6 Å². The Bertz CT molecular complexity index is 662. The van der Waals surface area contributed by atoms with Gasteiger partial charge < -0.3 is 4.18 Å². The molecular formula is C12H10FNO5S. The summed E-state index contributed by atoms with van der Waals surface area (Å²) in [7, 11) is -5.07. The molecule has 0 N–H and O–H groups in total. The van der Waals surface area contributed by atoms with Crippen molar-refractivity contribution in [2.45, 2.75) is 13.0 Å². The monoisotopic (exact) mass is 299 g/mol. The highest BCUT2D eigenvalue weighted by Gasteiger charge is 2.29. The van der Waals surface area contributed by atoms with Crippen molar-refractivity contribution >= 4 is 22.3 Å². The van der Waals surface area contributed by atoms with E-state index in [9.17, 15) is 21.9 Å². The van der Waals surface area contributed by atoms with E-state index in [-0.39, 0.29) is 5.75 Å². The van der Waals surface area contributed by atoms with Crippen LogP contribution < -0.4 is 4.18 Å². The molecule has 2 rings (SSSR count). The Morgan fingerprint density at radius 3 is 2.05 bits per heavy atom. The SMILES string of the molecule is C[C@H](c1ccc(OS(=O)(=O)F)cc1)N1C(=O)C=CC1=O. The van der Waals surface area contributed by atoms with Gasteiger partial charge in [0.25, 0.3) is 11.8 Å². The van der Waals surface area contributed by atoms with E-state index < -0.39 is 28.4 Å². The molecule has 106 valence electrons. The summed E-state index contributed by atoms with van der Waals surface area (Å²) in [6.07, 6.45) is 2.35. The number of carbonyl (C=O) groups excluding carboxylic acids is 2. The predicted molar refractivity (Wildman–Crippen MR) is 66.5 cm³/mol. The second kappa shape index (κ2) is 5.04. The first kappa shape index (κ1) is 14.2. The minimum Gasteiger partial charge on any atom is -0.358 e. The Labute approximate surface area is 114 Å². The summed E-state index contributed by atoms with van der Waals surface area (Å²) in [5.74, 6) is -1.04. The first-order valence-electron chi connectivity index (χ1n) is 5.57. The van der Waals surface area contributed by atoms with Gasteiger partial charge in [-0.1, -0.05) is 16.0 Å². The smallest absolute Gasteiger partial charge is 0.358 e. The molecule has 20 heavy (non-hydrogen) atoms. The van der Waals surface area contributed by atoms with Gasteiger partial charge in [0.2, 0.25) is 0 Å². The lowest BCUT2D eigenvalue weighted by Crippen LogP contribution is -2.32. The zero-order valence-electron chi connectivity index (χ0n) is 10.3. The summed E-state index contributed by atoms with van der Waals surface area (Å²) in [6.45, 7) is 1.64. The third kappa shape index (κ3) is 3.02. The lowest BCUT2D eigenvalue weighted by molar-refractivity contribution is -0.139. The predicted octanol–water partition coefficient (Wildman–Crippen LogP) is 1.27. The lowest BCUT2D eigenvalue weighted by atomic mass is 10.1. The highest BCUT2D eigenvalue weighted by atomic mass is 32.3. The van der Waals surface area contributed by atoms with E-state index in [1.165, 1.54) is 36.4 Å². The van der Waals surface area contributed by atoms with Gasteiger partial charge in [-0.15, -0.1) is 0 Å². The van der Waals surface area contributed by atoms with Crippen LogP contribution in [-0.4, -0.2) is 25.1 Å². The van der Waals surface area contributed by atoms with E-state index >= 15 is 0 Å². The van der Waals surface area contributed by atoms with Crippen LogP contribution in [0, 0.1) is 0 Å². The van der Waals surface area contributed by atoms with Crippen LogP contribution in [0.2, 0.25) is 0 Å². The molecule has 1 atom stereocenters. The third-order valence-corrected chi connectivity index (χ3v) is 3.18. The van der Waals surface area contributed by atoms with E-state index in [4.69, 9.17) is 0 Å². The lowest BCUT2D eigenvalue weighted by Gasteiger charge is -2.22. The van der Waals surface area contributed by atoms with Crippen LogP contribution in [0.5, 0.6) is 5.75 Å². The standard InChI is InChI=1S/C12H10FNO5S/c1-8(14-11(15)6-7-12(14)16)9-2-4-10(5-3-9)19-20(13,17)18/h2-8H,1H3/t8-/m1/s1. The van der Waals surface area contributed by atoms with Crippen LogP contribution in [0.15, 0.2) is 36.4 Å². The van der Waals surface area contributed by atoms with E-state index in [2.05, 4.69) is 4.18 Å². The average molecular weight is 299 g/mol. The molecule has 0 spiro atoms. The first-order valence-corrected chi connectivity index (χ1v) is 6.88. The number of amides is 2. The van der Waals surface area contributed by atoms with Crippen molar-refractivity contribution in [2.24, 2.45) is 0 Å². The summed E-state index contributed by atoms with van der Waals surface area (Å²) < 4.78 is 37.0. The molecule has 1 aliphatic heterocycles. The number of carbonyl (C=O) groups is 2. The maximum absolute atomic E-state index is 12.3. The summed E-state index contributed by atoms with van der Waals surface area (Å²) in [6, 6.07) is 4.85. The number of halogens is 1. The van der Waals surface area contributed by atoms with Gasteiger partial charge in [0.1, 0.15) is 5.75 Å². The Morgan fingerprint density at radius 2 is 1.60 bits per heavy atom. The van der Waals surface area contributed by atoms with Crippen molar-refractivity contribution in [3.8, 4) is 5.75 Å². The van der Waals surface area contributed by atoms with Crippen LogP contribution in [0.1, 0.15) is 18.5 Å².